The zero-order valence-electron chi connectivity index (χ0n) is 15.5. The van der Waals surface area contributed by atoms with Crippen molar-refractivity contribution in [2.45, 2.75) is 13.0 Å². The summed E-state index contributed by atoms with van der Waals surface area (Å²) in [5.74, 6) is -3.22. The molecular formula is C20H15FN2O5S2. The first-order chi connectivity index (χ1) is 14.2. The first-order valence-corrected chi connectivity index (χ1v) is 9.79. The van der Waals surface area contributed by atoms with Gasteiger partial charge in [-0.1, -0.05) is 36.1 Å². The van der Waals surface area contributed by atoms with Crippen LogP contribution in [0, 0.1) is 5.82 Å². The molecule has 1 saturated heterocycles. The molecule has 1 fully saturated rings. The monoisotopic (exact) mass is 446 g/mol. The maximum atomic E-state index is 13.4. The van der Waals surface area contributed by atoms with Gasteiger partial charge >= 0.3 is 5.97 Å². The molecule has 0 aliphatic carbocycles. The Hall–Kier alpha value is -3.24. The lowest BCUT2D eigenvalue weighted by Gasteiger charge is -2.22. The Morgan fingerprint density at radius 2 is 2.00 bits per heavy atom. The fourth-order valence-electron chi connectivity index (χ4n) is 2.73. The van der Waals surface area contributed by atoms with E-state index < -0.39 is 29.6 Å². The summed E-state index contributed by atoms with van der Waals surface area (Å²) in [6.07, 6.45) is 1.48. The van der Waals surface area contributed by atoms with Crippen LogP contribution in [-0.4, -0.2) is 43.3 Å². The number of aromatic hydroxyl groups is 1. The molecule has 1 aliphatic heterocycles. The number of hydrogen-bond acceptors (Lipinski definition) is 6. The Labute approximate surface area is 180 Å². The number of carboxylic acid groups (broad SMARTS) is 1. The highest BCUT2D eigenvalue weighted by molar-refractivity contribution is 8.26. The number of thioether (sulfide) groups is 1. The van der Waals surface area contributed by atoms with Crippen LogP contribution in [-0.2, 0) is 9.59 Å². The van der Waals surface area contributed by atoms with Crippen LogP contribution >= 0.6 is 24.0 Å². The van der Waals surface area contributed by atoms with Gasteiger partial charge in [-0.3, -0.25) is 14.5 Å². The Morgan fingerprint density at radius 3 is 2.67 bits per heavy atom. The van der Waals surface area contributed by atoms with Crippen LogP contribution in [0.4, 0.5) is 10.1 Å². The van der Waals surface area contributed by atoms with Crippen LogP contribution in [0.5, 0.6) is 5.75 Å². The van der Waals surface area contributed by atoms with E-state index >= 15 is 0 Å². The molecule has 0 aromatic heterocycles. The molecule has 0 saturated carbocycles. The average molecular weight is 446 g/mol. The molecule has 0 bridgehead atoms. The Kier molecular flexibility index (Phi) is 6.18. The zero-order chi connectivity index (χ0) is 22.0. The first-order valence-electron chi connectivity index (χ1n) is 8.57. The van der Waals surface area contributed by atoms with E-state index in [4.69, 9.17) is 12.2 Å². The molecule has 0 spiro atoms. The molecule has 10 heteroatoms. The Bertz CT molecular complexity index is 1100. The van der Waals surface area contributed by atoms with Gasteiger partial charge in [0.15, 0.2) is 0 Å². The summed E-state index contributed by atoms with van der Waals surface area (Å²) in [6.45, 7) is 1.45. The van der Waals surface area contributed by atoms with Gasteiger partial charge in [0.25, 0.3) is 5.91 Å². The highest BCUT2D eigenvalue weighted by atomic mass is 32.2. The van der Waals surface area contributed by atoms with Crippen molar-refractivity contribution in [1.29, 1.82) is 0 Å². The number of carbonyl (C=O) groups excluding carboxylic acids is 2. The number of benzene rings is 2. The molecule has 2 aromatic carbocycles. The molecule has 2 amide bonds. The van der Waals surface area contributed by atoms with Crippen LogP contribution in [0.2, 0.25) is 0 Å². The van der Waals surface area contributed by atoms with E-state index in [1.807, 2.05) is 0 Å². The molecule has 2 aromatic rings. The lowest BCUT2D eigenvalue weighted by molar-refractivity contribution is -0.129. The summed E-state index contributed by atoms with van der Waals surface area (Å²) in [5.41, 5.74) is 0.146. The normalized spacial score (nSPS) is 16.1. The maximum absolute atomic E-state index is 13.4. The summed E-state index contributed by atoms with van der Waals surface area (Å²) in [7, 11) is 0. The number of phenols is 1. The van der Waals surface area contributed by atoms with Gasteiger partial charge in [-0.05, 0) is 48.9 Å². The fourth-order valence-corrected chi connectivity index (χ4v) is 4.15. The minimum atomic E-state index is -1.34. The molecule has 154 valence electrons. The number of halogens is 1. The quantitative estimate of drug-likeness (QED) is 0.367. The van der Waals surface area contributed by atoms with Gasteiger partial charge in [-0.15, -0.1) is 0 Å². The summed E-state index contributed by atoms with van der Waals surface area (Å²) in [5, 5.41) is 21.2. The largest absolute Gasteiger partial charge is 0.508 e. The number of rotatable bonds is 5. The second-order valence-electron chi connectivity index (χ2n) is 6.31. The van der Waals surface area contributed by atoms with Gasteiger partial charge in [0, 0.05) is 0 Å². The topological polar surface area (TPSA) is 107 Å². The van der Waals surface area contributed by atoms with Gasteiger partial charge in [-0.2, -0.15) is 0 Å². The predicted molar refractivity (Wildman–Crippen MR) is 115 cm³/mol. The number of hydrogen-bond donors (Lipinski definition) is 3. The number of phenolic OH excluding ortho intramolecular Hbond substituents is 1. The second-order valence-corrected chi connectivity index (χ2v) is 7.98. The third-order valence-electron chi connectivity index (χ3n) is 4.23. The summed E-state index contributed by atoms with van der Waals surface area (Å²) >= 11 is 6.21. The number of thiocarbonyl (C=S) groups is 1. The van der Waals surface area contributed by atoms with E-state index in [2.05, 4.69) is 5.32 Å². The minimum Gasteiger partial charge on any atom is -0.508 e. The van der Waals surface area contributed by atoms with Gasteiger partial charge in [0.1, 0.15) is 21.9 Å². The predicted octanol–water partition coefficient (Wildman–Crippen LogP) is 3.46. The lowest BCUT2D eigenvalue weighted by atomic mass is 10.1. The maximum Gasteiger partial charge on any atom is 0.337 e. The van der Waals surface area contributed by atoms with Crippen LogP contribution in [0.25, 0.3) is 6.08 Å². The second kappa shape index (κ2) is 8.64. The molecule has 7 nitrogen and oxygen atoms in total. The van der Waals surface area contributed by atoms with Crippen molar-refractivity contribution in [1.82, 2.24) is 4.90 Å². The third-order valence-corrected chi connectivity index (χ3v) is 5.56. The van der Waals surface area contributed by atoms with Gasteiger partial charge in [0.05, 0.1) is 16.2 Å². The molecule has 1 aliphatic rings. The number of aromatic carboxylic acids is 1. The van der Waals surface area contributed by atoms with Crippen molar-refractivity contribution < 1.29 is 29.0 Å². The van der Waals surface area contributed by atoms with E-state index in [1.54, 1.807) is 6.07 Å². The van der Waals surface area contributed by atoms with Crippen LogP contribution in [0.1, 0.15) is 22.8 Å². The van der Waals surface area contributed by atoms with Crippen molar-refractivity contribution in [3.8, 4) is 5.75 Å². The number of carbonyl (C=O) groups is 3. The summed E-state index contributed by atoms with van der Waals surface area (Å²) in [4.78, 5) is 38.1. The van der Waals surface area contributed by atoms with Crippen LogP contribution in [0.3, 0.4) is 0 Å². The number of amides is 2. The van der Waals surface area contributed by atoms with Crippen molar-refractivity contribution in [3.05, 3.63) is 64.3 Å². The molecule has 3 rings (SSSR count). The van der Waals surface area contributed by atoms with Crippen molar-refractivity contribution in [2.75, 3.05) is 5.32 Å². The van der Waals surface area contributed by atoms with Crippen molar-refractivity contribution >= 4 is 57.8 Å². The third kappa shape index (κ3) is 4.50. The Morgan fingerprint density at radius 1 is 1.27 bits per heavy atom. The number of carboxylic acids is 1. The van der Waals surface area contributed by atoms with E-state index in [0.29, 0.717) is 5.56 Å². The first kappa shape index (κ1) is 21.5. The standard InChI is InChI=1S/C20H15FN2O5S2/c1-10(17(25)22-15-6-5-13(24)9-14(15)19(27)28)23-18(26)16(30-20(23)29)8-11-3-2-4-12(21)7-11/h2-10,24H,1H3,(H,22,25)(H,27,28)/b16-8+/t10-/m1/s1. The highest BCUT2D eigenvalue weighted by Gasteiger charge is 2.38. The molecule has 1 heterocycles. The van der Waals surface area contributed by atoms with Gasteiger partial charge in [-0.25, -0.2) is 9.18 Å². The van der Waals surface area contributed by atoms with E-state index in [0.717, 1.165) is 22.7 Å². The molecular weight excluding hydrogens is 431 g/mol. The fraction of sp³-hybridized carbons (Fsp3) is 0.100. The zero-order valence-corrected chi connectivity index (χ0v) is 17.1. The van der Waals surface area contributed by atoms with E-state index in [-0.39, 0.29) is 26.2 Å². The number of anilines is 1. The van der Waals surface area contributed by atoms with E-state index in [9.17, 15) is 29.0 Å². The SMILES string of the molecule is C[C@H](C(=O)Nc1ccc(O)cc1C(=O)O)N1C(=O)/C(=C\c2cccc(F)c2)SC1=S. The summed E-state index contributed by atoms with van der Waals surface area (Å²) in [6, 6.07) is 8.13. The van der Waals surface area contributed by atoms with Crippen LogP contribution < -0.4 is 5.32 Å². The average Bonchev–Trinajstić information content (AvgIpc) is 2.95. The van der Waals surface area contributed by atoms with Crippen molar-refractivity contribution in [2.24, 2.45) is 0 Å². The molecule has 1 atom stereocenters. The van der Waals surface area contributed by atoms with Crippen LogP contribution in [0.15, 0.2) is 47.4 Å². The molecule has 0 radical (unpaired) electrons. The molecule has 30 heavy (non-hydrogen) atoms. The summed E-state index contributed by atoms with van der Waals surface area (Å²) < 4.78 is 13.5. The smallest absolute Gasteiger partial charge is 0.337 e. The van der Waals surface area contributed by atoms with Crippen molar-refractivity contribution in [3.63, 3.8) is 0 Å². The Balaban J connectivity index is 1.80. The molecule has 3 N–H and O–H groups in total. The lowest BCUT2D eigenvalue weighted by Crippen LogP contribution is -2.44. The van der Waals surface area contributed by atoms with Gasteiger partial charge < -0.3 is 15.5 Å². The van der Waals surface area contributed by atoms with E-state index in [1.165, 1.54) is 43.3 Å². The van der Waals surface area contributed by atoms with Gasteiger partial charge in [0.2, 0.25) is 5.91 Å². The number of nitrogens with zero attached hydrogens (tertiary/aromatic N) is 1. The minimum absolute atomic E-state index is 0.0297. The number of nitrogens with one attached hydrogen (secondary N) is 1. The molecule has 0 unspecified atom stereocenters. The highest BCUT2D eigenvalue weighted by Crippen LogP contribution is 2.34.